The summed E-state index contributed by atoms with van der Waals surface area (Å²) in [6, 6.07) is 0. The van der Waals surface area contributed by atoms with Gasteiger partial charge in [0.2, 0.25) is 5.91 Å². The molecule has 29 heavy (non-hydrogen) atoms. The molecular formula is C17H17F3N4O5. The third-order valence-electron chi connectivity index (χ3n) is 6.13. The number of carbonyl (C=O) groups is 3. The Morgan fingerprint density at radius 1 is 1.17 bits per heavy atom. The second-order valence-corrected chi connectivity index (χ2v) is 7.98. The van der Waals surface area contributed by atoms with E-state index < -0.39 is 46.3 Å². The van der Waals surface area contributed by atoms with E-state index in [0.717, 1.165) is 17.3 Å². The van der Waals surface area contributed by atoms with Gasteiger partial charge in [-0.2, -0.15) is 13.2 Å². The molecule has 1 saturated carbocycles. The van der Waals surface area contributed by atoms with Crippen LogP contribution in [0.1, 0.15) is 23.3 Å². The van der Waals surface area contributed by atoms with Crippen molar-refractivity contribution in [2.75, 3.05) is 26.2 Å². The molecule has 12 heteroatoms. The molecule has 3 aliphatic rings. The van der Waals surface area contributed by atoms with E-state index in [1.165, 1.54) is 4.90 Å². The molecule has 1 aromatic rings. The summed E-state index contributed by atoms with van der Waals surface area (Å²) < 4.78 is 39.6. The summed E-state index contributed by atoms with van der Waals surface area (Å²) in [7, 11) is 0. The second-order valence-electron chi connectivity index (χ2n) is 7.98. The van der Waals surface area contributed by atoms with Crippen LogP contribution in [0.2, 0.25) is 0 Å². The molecule has 0 aromatic carbocycles. The number of rotatable bonds is 3. The number of H-pyrrole nitrogens is 1. The van der Waals surface area contributed by atoms with Crippen molar-refractivity contribution in [1.82, 2.24) is 19.8 Å². The summed E-state index contributed by atoms with van der Waals surface area (Å²) in [5.74, 6) is -3.81. The van der Waals surface area contributed by atoms with Gasteiger partial charge in [0.1, 0.15) is 11.1 Å². The number of halogens is 3. The number of carboxylic acid groups (broad SMARTS) is 1. The van der Waals surface area contributed by atoms with Crippen molar-refractivity contribution in [3.63, 3.8) is 0 Å². The predicted molar refractivity (Wildman–Crippen MR) is 88.6 cm³/mol. The van der Waals surface area contributed by atoms with Crippen molar-refractivity contribution in [3.8, 4) is 0 Å². The molecule has 1 aromatic heterocycles. The summed E-state index contributed by atoms with van der Waals surface area (Å²) in [5, 5.41) is 9.56. The summed E-state index contributed by atoms with van der Waals surface area (Å²) in [6.45, 7) is -0.471. The highest BCUT2D eigenvalue weighted by Crippen LogP contribution is 2.60. The van der Waals surface area contributed by atoms with E-state index in [9.17, 15) is 37.5 Å². The number of aromatic amines is 1. The Bertz CT molecular complexity index is 929. The number of carbonyl (C=O) groups excluding carboxylic acids is 2. The number of nitrogens with zero attached hydrogens (tertiary/aromatic N) is 3. The largest absolute Gasteiger partial charge is 0.481 e. The maximum absolute atomic E-state index is 13.2. The predicted octanol–water partition coefficient (Wildman–Crippen LogP) is 0.0976. The van der Waals surface area contributed by atoms with Gasteiger partial charge in [-0.25, -0.2) is 4.98 Å². The van der Waals surface area contributed by atoms with Crippen molar-refractivity contribution in [2.24, 2.45) is 16.7 Å². The molecule has 0 unspecified atom stereocenters. The van der Waals surface area contributed by atoms with Crippen LogP contribution in [0, 0.1) is 16.7 Å². The molecule has 1 atom stereocenters. The molecule has 9 nitrogen and oxygen atoms in total. The van der Waals surface area contributed by atoms with Crippen LogP contribution in [0.4, 0.5) is 13.2 Å². The first-order valence-electron chi connectivity index (χ1n) is 8.92. The lowest BCUT2D eigenvalue weighted by Crippen LogP contribution is -2.65. The normalized spacial score (nSPS) is 24.3. The van der Waals surface area contributed by atoms with Gasteiger partial charge in [0.15, 0.2) is 0 Å². The van der Waals surface area contributed by atoms with Crippen LogP contribution in [0.3, 0.4) is 0 Å². The highest BCUT2D eigenvalue weighted by Gasteiger charge is 2.71. The molecule has 1 spiro atoms. The smallest absolute Gasteiger partial charge is 0.403 e. The van der Waals surface area contributed by atoms with Gasteiger partial charge in [-0.05, 0) is 12.8 Å². The molecule has 2 amide bonds. The van der Waals surface area contributed by atoms with E-state index in [4.69, 9.17) is 0 Å². The van der Waals surface area contributed by atoms with E-state index in [1.807, 2.05) is 0 Å². The number of hydrogen-bond donors (Lipinski definition) is 2. The highest BCUT2D eigenvalue weighted by atomic mass is 19.4. The zero-order valence-corrected chi connectivity index (χ0v) is 15.0. The van der Waals surface area contributed by atoms with Gasteiger partial charge in [-0.15, -0.1) is 0 Å². The van der Waals surface area contributed by atoms with Gasteiger partial charge in [0.05, 0.1) is 12.1 Å². The topological polar surface area (TPSA) is 124 Å². The molecule has 156 valence electrons. The summed E-state index contributed by atoms with van der Waals surface area (Å²) >= 11 is 0. The quantitative estimate of drug-likeness (QED) is 0.723. The van der Waals surface area contributed by atoms with Gasteiger partial charge >= 0.3 is 12.1 Å². The Hall–Kier alpha value is -2.92. The van der Waals surface area contributed by atoms with Crippen LogP contribution in [0.15, 0.2) is 17.2 Å². The van der Waals surface area contributed by atoms with Crippen LogP contribution in [0.5, 0.6) is 0 Å². The van der Waals surface area contributed by atoms with Crippen LogP contribution < -0.4 is 5.56 Å². The number of hydrogen-bond acceptors (Lipinski definition) is 5. The van der Waals surface area contributed by atoms with E-state index in [1.54, 1.807) is 0 Å². The minimum Gasteiger partial charge on any atom is -0.481 e. The number of alkyl halides is 3. The zero-order valence-electron chi connectivity index (χ0n) is 15.0. The number of aromatic nitrogens is 2. The second kappa shape index (κ2) is 6.04. The van der Waals surface area contributed by atoms with Crippen molar-refractivity contribution in [3.05, 3.63) is 28.4 Å². The summed E-state index contributed by atoms with van der Waals surface area (Å²) in [4.78, 5) is 56.1. The van der Waals surface area contributed by atoms with Gasteiger partial charge in [-0.3, -0.25) is 19.2 Å². The van der Waals surface area contributed by atoms with E-state index in [2.05, 4.69) is 9.97 Å². The Morgan fingerprint density at radius 2 is 1.79 bits per heavy atom. The van der Waals surface area contributed by atoms with Crippen molar-refractivity contribution in [1.29, 1.82) is 0 Å². The minimum atomic E-state index is -4.63. The van der Waals surface area contributed by atoms with Crippen LogP contribution in [-0.4, -0.2) is 75.0 Å². The molecule has 2 aliphatic heterocycles. The molecule has 2 N–H and O–H groups in total. The lowest BCUT2D eigenvalue weighted by atomic mass is 9.71. The Balaban J connectivity index is 1.50. The number of amides is 2. The van der Waals surface area contributed by atoms with Crippen molar-refractivity contribution >= 4 is 17.8 Å². The van der Waals surface area contributed by atoms with E-state index in [0.29, 0.717) is 0 Å². The zero-order chi connectivity index (χ0) is 21.2. The average Bonchev–Trinajstić information content (AvgIpc) is 3.34. The molecular weight excluding hydrogens is 397 g/mol. The maximum atomic E-state index is 13.2. The van der Waals surface area contributed by atoms with Crippen LogP contribution in [-0.2, 0) is 9.59 Å². The molecule has 3 heterocycles. The van der Waals surface area contributed by atoms with Gasteiger partial charge in [0.25, 0.3) is 11.5 Å². The molecule has 0 bridgehead atoms. The molecule has 1 aliphatic carbocycles. The fourth-order valence-corrected chi connectivity index (χ4v) is 4.31. The van der Waals surface area contributed by atoms with E-state index >= 15 is 0 Å². The van der Waals surface area contributed by atoms with Gasteiger partial charge in [0, 0.05) is 37.8 Å². The molecule has 3 fully saturated rings. The minimum absolute atomic E-state index is 0.0214. The highest BCUT2D eigenvalue weighted by molar-refractivity contribution is 5.93. The first kappa shape index (κ1) is 19.4. The molecule has 2 saturated heterocycles. The third kappa shape index (κ3) is 2.88. The van der Waals surface area contributed by atoms with Gasteiger partial charge < -0.3 is 19.9 Å². The van der Waals surface area contributed by atoms with E-state index in [-0.39, 0.29) is 44.7 Å². The molecule has 4 rings (SSSR count). The Labute approximate surface area is 161 Å². The van der Waals surface area contributed by atoms with Crippen LogP contribution >= 0.6 is 0 Å². The van der Waals surface area contributed by atoms with Crippen LogP contribution in [0.25, 0.3) is 0 Å². The fourth-order valence-electron chi connectivity index (χ4n) is 4.31. The lowest BCUT2D eigenvalue weighted by Gasteiger charge is -2.50. The number of likely N-dealkylation sites (tertiary alicyclic amines) is 2. The Morgan fingerprint density at radius 3 is 2.28 bits per heavy atom. The maximum Gasteiger partial charge on any atom is 0.403 e. The standard InChI is InChI=1S/C17H17F3N4O5/c18-17(19,20)16(1-2-16)14(29)24-7-15(8-24)6-23(5-9(15)13(27)28)12(26)10-3-22-11(25)4-21-10/h3-4,9H,1-2,5-8H2,(H,22,25)(H,27,28)/t9-/m0/s1. The van der Waals surface area contributed by atoms with Gasteiger partial charge in [-0.1, -0.05) is 0 Å². The summed E-state index contributed by atoms with van der Waals surface area (Å²) in [5.41, 5.74) is -3.93. The fraction of sp³-hybridized carbons (Fsp3) is 0.588. The first-order valence-corrected chi connectivity index (χ1v) is 8.92. The SMILES string of the molecule is O=C(O)[C@@H]1CN(C(=O)c2c[nH]c(=O)cn2)CC12CN(C(=O)C1(C(F)(F)F)CC1)C2. The van der Waals surface area contributed by atoms with Crippen molar-refractivity contribution in [2.45, 2.75) is 19.0 Å². The Kier molecular flexibility index (Phi) is 4.04. The van der Waals surface area contributed by atoms with Crippen molar-refractivity contribution < 1.29 is 32.7 Å². The number of aliphatic carboxylic acids is 1. The first-order chi connectivity index (χ1) is 13.5. The number of carboxylic acids is 1. The molecule has 0 radical (unpaired) electrons. The monoisotopic (exact) mass is 414 g/mol. The third-order valence-corrected chi connectivity index (χ3v) is 6.13. The number of nitrogens with one attached hydrogen (secondary N) is 1. The summed E-state index contributed by atoms with van der Waals surface area (Å²) in [6.07, 6.45) is -3.12. The average molecular weight is 414 g/mol. The lowest BCUT2D eigenvalue weighted by molar-refractivity contribution is -0.206.